The van der Waals surface area contributed by atoms with Crippen molar-refractivity contribution in [3.8, 4) is 0 Å². The number of nitrogens with zero attached hydrogens (tertiary/aromatic N) is 4. The second-order valence-electron chi connectivity index (χ2n) is 20.3. The van der Waals surface area contributed by atoms with Crippen molar-refractivity contribution in [3.63, 3.8) is 0 Å². The van der Waals surface area contributed by atoms with Crippen molar-refractivity contribution in [2.75, 3.05) is 39.5 Å². The summed E-state index contributed by atoms with van der Waals surface area (Å²) in [5, 5.41) is 8.55. The minimum Gasteiger partial charge on any atom is -0.343 e. The van der Waals surface area contributed by atoms with Crippen molar-refractivity contribution in [1.29, 1.82) is 0 Å². The van der Waals surface area contributed by atoms with E-state index >= 15 is 0 Å². The molecule has 3 aromatic carbocycles. The summed E-state index contributed by atoms with van der Waals surface area (Å²) in [4.78, 5) is 93.1. The Morgan fingerprint density at radius 3 is 1.69 bits per heavy atom. The van der Waals surface area contributed by atoms with Gasteiger partial charge in [0, 0.05) is 79.0 Å². The largest absolute Gasteiger partial charge is 0.343 e. The number of unbranched alkanes of at least 4 members (excludes halogenated alkanes) is 1. The number of likely N-dealkylation sites (tertiary alicyclic amines) is 2. The minimum absolute atomic E-state index is 0.0581. The maximum atomic E-state index is 14.4. The van der Waals surface area contributed by atoms with Crippen LogP contribution in [0.15, 0.2) is 120 Å². The molecule has 0 spiro atoms. The van der Waals surface area contributed by atoms with Crippen molar-refractivity contribution >= 4 is 54.9 Å². The molecule has 426 valence electrons. The highest BCUT2D eigenvalue weighted by Gasteiger charge is 2.38. The number of pyridine rings is 2. The lowest BCUT2D eigenvalue weighted by Gasteiger charge is -2.30. The van der Waals surface area contributed by atoms with Gasteiger partial charge in [-0.3, -0.25) is 38.7 Å². The summed E-state index contributed by atoms with van der Waals surface area (Å²) in [5.41, 5.74) is 2.30. The van der Waals surface area contributed by atoms with Crippen LogP contribution in [0.2, 0.25) is 0 Å². The number of likely N-dealkylation sites (N-methyl/N-ethyl adjacent to an activating group) is 2. The predicted molar refractivity (Wildman–Crippen MR) is 294 cm³/mol. The summed E-state index contributed by atoms with van der Waals surface area (Å²) >= 11 is 0. The first-order valence-corrected chi connectivity index (χ1v) is 30.0. The number of carbonyl (C=O) groups is 6. The van der Waals surface area contributed by atoms with Crippen LogP contribution < -0.4 is 20.7 Å². The molecule has 2 saturated heterocycles. The molecule has 0 radical (unpaired) electrons. The molecule has 4 heterocycles. The Bertz CT molecular complexity index is 3280. The molecule has 0 saturated carbocycles. The zero-order valence-corrected chi connectivity index (χ0v) is 46.8. The first-order valence-electron chi connectivity index (χ1n) is 26.8. The van der Waals surface area contributed by atoms with Gasteiger partial charge in [0.15, 0.2) is 21.4 Å². The van der Waals surface area contributed by atoms with Gasteiger partial charge in [0.05, 0.1) is 39.7 Å². The van der Waals surface area contributed by atoms with Crippen LogP contribution in [0.5, 0.6) is 0 Å². The minimum atomic E-state index is -4.24. The number of carbonyl (C=O) groups excluding carboxylic acids is 6. The molecule has 3 amide bonds. The number of ketones is 3. The van der Waals surface area contributed by atoms with Crippen LogP contribution in [-0.2, 0) is 39.0 Å². The van der Waals surface area contributed by atoms with E-state index in [1.165, 1.54) is 79.1 Å². The molecule has 80 heavy (non-hydrogen) atoms. The van der Waals surface area contributed by atoms with Gasteiger partial charge in [-0.1, -0.05) is 12.5 Å². The second kappa shape index (κ2) is 27.5. The molecular weight excluding hydrogens is 1070 g/mol. The van der Waals surface area contributed by atoms with Gasteiger partial charge >= 0.3 is 0 Å². The molecule has 2 aliphatic rings. The molecule has 2 aliphatic heterocycles. The Morgan fingerprint density at radius 1 is 0.625 bits per heavy atom. The van der Waals surface area contributed by atoms with Gasteiger partial charge in [-0.05, 0) is 169 Å². The van der Waals surface area contributed by atoms with Crippen LogP contribution in [0.1, 0.15) is 133 Å². The van der Waals surface area contributed by atoms with Crippen molar-refractivity contribution < 1.29 is 54.4 Å². The summed E-state index contributed by atoms with van der Waals surface area (Å²) in [6.45, 7) is 3.99. The Morgan fingerprint density at radius 2 is 1.15 bits per heavy atom. The third-order valence-corrected chi connectivity index (χ3v) is 18.2. The molecule has 2 aromatic heterocycles. The van der Waals surface area contributed by atoms with Crippen molar-refractivity contribution in [2.24, 2.45) is 5.92 Å². The fraction of sp³-hybridized carbons (Fsp3) is 0.414. The molecule has 0 unspecified atom stereocenters. The fourth-order valence-electron chi connectivity index (χ4n) is 10.1. The maximum Gasteiger partial charge on any atom is 0.245 e. The Kier molecular flexibility index (Phi) is 20.8. The number of halogens is 2. The highest BCUT2D eigenvalue weighted by molar-refractivity contribution is 7.91. The highest BCUT2D eigenvalue weighted by Crippen LogP contribution is 2.36. The molecule has 2 fully saturated rings. The number of benzene rings is 3. The SMILES string of the molecule is CN[C@@H](C)C(=O)C[C@@H](CCCCNS(=O)(=O)c1cccc(S(=O)(=O)CCC[C@H](NC(=O)[C@H](C)NC)C(=O)N2CCC[C@H]2c2cncc(C(=O)c3ccc(F)cc3)c2)c1)C(=O)N1CCC[C@H]1c1cncc(C(=O)c2ccc(F)cc2)c1. The van der Waals surface area contributed by atoms with Crippen molar-refractivity contribution in [1.82, 2.24) is 40.4 Å². The van der Waals surface area contributed by atoms with Crippen LogP contribution in [-0.4, -0.2) is 129 Å². The van der Waals surface area contributed by atoms with Crippen molar-refractivity contribution in [3.05, 3.63) is 155 Å². The molecular formula is C58H68F2N8O10S2. The van der Waals surface area contributed by atoms with Gasteiger partial charge < -0.3 is 25.8 Å². The molecule has 22 heteroatoms. The zero-order valence-electron chi connectivity index (χ0n) is 45.2. The summed E-state index contributed by atoms with van der Waals surface area (Å²) < 4.78 is 84.7. The molecule has 5 aromatic rings. The van der Waals surface area contributed by atoms with E-state index in [4.69, 9.17) is 0 Å². The summed E-state index contributed by atoms with van der Waals surface area (Å²) in [7, 11) is -5.15. The molecule has 4 N–H and O–H groups in total. The first kappa shape index (κ1) is 60.7. The standard InChI is InChI=1S/C58H68F2N8O10S2/c1-37(61-3)53(69)31-41(57(73)67-26-8-15-51(67)42-29-44(35-63-33-42)54(70)39-17-21-46(59)22-18-39)11-5-6-25-65-80(77,78)49-13-7-12-48(32-49)79(75,76)28-10-14-50(66-56(72)38(2)62-4)58(74)68-27-9-16-52(68)43-30-45(36-64-34-43)55(71)40-19-23-47(60)24-20-40/h7,12-13,17-24,29-30,32-38,41,50-52,61-62,65H,5-6,8-11,14-16,25-28,31H2,1-4H3,(H,66,72)/t37-,38-,41+,50-,51-,52-/m0/s1. The predicted octanol–water partition coefficient (Wildman–Crippen LogP) is 6.22. The van der Waals surface area contributed by atoms with E-state index in [0.29, 0.717) is 56.3 Å². The van der Waals surface area contributed by atoms with Gasteiger partial charge in [-0.15, -0.1) is 0 Å². The van der Waals surface area contributed by atoms with Gasteiger partial charge in [0.2, 0.25) is 27.7 Å². The third kappa shape index (κ3) is 15.3. The molecule has 0 aliphatic carbocycles. The lowest BCUT2D eigenvalue weighted by molar-refractivity contribution is -0.139. The van der Waals surface area contributed by atoms with E-state index in [-0.39, 0.29) is 94.0 Å². The highest BCUT2D eigenvalue weighted by atomic mass is 32.2. The topological polar surface area (TPSA) is 251 Å². The number of nitrogens with one attached hydrogen (secondary N) is 4. The number of Topliss-reactive ketones (excluding diaryl/α,β-unsaturated/α-hetero) is 1. The normalized spacial score (nSPS) is 17.1. The lowest BCUT2D eigenvalue weighted by Crippen LogP contribution is -2.52. The smallest absolute Gasteiger partial charge is 0.245 e. The Hall–Kier alpha value is -6.98. The number of amides is 3. The molecule has 6 atom stereocenters. The zero-order chi connectivity index (χ0) is 57.7. The third-order valence-electron chi connectivity index (χ3n) is 14.9. The first-order chi connectivity index (χ1) is 38.2. The summed E-state index contributed by atoms with van der Waals surface area (Å²) in [6.07, 6.45) is 9.05. The second-order valence-corrected chi connectivity index (χ2v) is 24.2. The van der Waals surface area contributed by atoms with Crippen LogP contribution >= 0.6 is 0 Å². The van der Waals surface area contributed by atoms with E-state index in [9.17, 15) is 54.4 Å². The maximum absolute atomic E-state index is 14.4. The van der Waals surface area contributed by atoms with E-state index < -0.39 is 85.2 Å². The Balaban J connectivity index is 0.962. The molecule has 0 bridgehead atoms. The monoisotopic (exact) mass is 1140 g/mol. The van der Waals surface area contributed by atoms with E-state index in [1.54, 1.807) is 62.3 Å². The van der Waals surface area contributed by atoms with E-state index in [0.717, 1.165) is 6.07 Å². The van der Waals surface area contributed by atoms with Gasteiger partial charge in [0.1, 0.15) is 23.5 Å². The Labute approximate surface area is 465 Å². The van der Waals surface area contributed by atoms with Crippen LogP contribution in [0.3, 0.4) is 0 Å². The molecule has 18 nitrogen and oxygen atoms in total. The number of hydrogen-bond donors (Lipinski definition) is 4. The fourth-order valence-corrected chi connectivity index (χ4v) is 12.6. The van der Waals surface area contributed by atoms with Gasteiger partial charge in [-0.2, -0.15) is 0 Å². The van der Waals surface area contributed by atoms with Crippen LogP contribution in [0, 0.1) is 17.6 Å². The summed E-state index contributed by atoms with van der Waals surface area (Å²) in [6, 6.07) is 15.3. The average Bonchev–Trinajstić information content (AvgIpc) is 4.21. The average molecular weight is 1140 g/mol. The van der Waals surface area contributed by atoms with Gasteiger partial charge in [-0.25, -0.2) is 30.3 Å². The van der Waals surface area contributed by atoms with E-state index in [2.05, 4.69) is 30.6 Å². The molecule has 7 rings (SSSR count). The van der Waals surface area contributed by atoms with Crippen molar-refractivity contribution in [2.45, 2.75) is 118 Å². The number of aromatic nitrogens is 2. The number of sulfonamides is 1. The summed E-state index contributed by atoms with van der Waals surface area (Å²) in [5.74, 6) is -4.27. The van der Waals surface area contributed by atoms with Crippen LogP contribution in [0.4, 0.5) is 8.78 Å². The number of sulfone groups is 1. The number of hydrogen-bond acceptors (Lipinski definition) is 14. The number of rotatable bonds is 27. The lowest BCUT2D eigenvalue weighted by atomic mass is 9.91. The quantitative estimate of drug-likeness (QED) is 0.0337. The van der Waals surface area contributed by atoms with Crippen LogP contribution in [0.25, 0.3) is 0 Å². The van der Waals surface area contributed by atoms with Gasteiger partial charge in [0.25, 0.3) is 0 Å². The van der Waals surface area contributed by atoms with E-state index in [1.807, 2.05) is 0 Å².